The summed E-state index contributed by atoms with van der Waals surface area (Å²) in [5.74, 6) is -1.64. The summed E-state index contributed by atoms with van der Waals surface area (Å²) in [6, 6.07) is 6.66. The first-order valence-corrected chi connectivity index (χ1v) is 6.78. The molecule has 0 aliphatic rings. The van der Waals surface area contributed by atoms with E-state index in [1.54, 1.807) is 25.1 Å². The molecule has 6 heteroatoms. The van der Waals surface area contributed by atoms with Gasteiger partial charge in [0, 0.05) is 13.0 Å². The number of hydrogen-bond donors (Lipinski definition) is 2. The van der Waals surface area contributed by atoms with Crippen LogP contribution in [0.3, 0.4) is 0 Å². The molecule has 0 saturated carbocycles. The van der Waals surface area contributed by atoms with Crippen molar-refractivity contribution in [2.45, 2.75) is 26.2 Å². The Morgan fingerprint density at radius 1 is 1.19 bits per heavy atom. The molecule has 0 aromatic heterocycles. The van der Waals surface area contributed by atoms with E-state index in [2.05, 4.69) is 5.32 Å². The molecule has 0 atom stereocenters. The Bertz CT molecular complexity index is 513. The van der Waals surface area contributed by atoms with Gasteiger partial charge in [-0.15, -0.1) is 0 Å². The third kappa shape index (κ3) is 6.07. The number of aromatic carboxylic acids is 1. The smallest absolute Gasteiger partial charge is 0.335 e. The molecule has 1 aromatic carbocycles. The molecule has 0 fully saturated rings. The molecular formula is C15H19NO5. The van der Waals surface area contributed by atoms with Gasteiger partial charge in [0.05, 0.1) is 18.6 Å². The average Bonchev–Trinajstić information content (AvgIpc) is 2.46. The Balaban J connectivity index is 2.35. The lowest BCUT2D eigenvalue weighted by Crippen LogP contribution is -2.26. The quantitative estimate of drug-likeness (QED) is 0.706. The van der Waals surface area contributed by atoms with Crippen LogP contribution in [0.5, 0.6) is 0 Å². The van der Waals surface area contributed by atoms with Gasteiger partial charge in [0.2, 0.25) is 5.91 Å². The zero-order valence-corrected chi connectivity index (χ0v) is 11.9. The van der Waals surface area contributed by atoms with Gasteiger partial charge in [0.15, 0.2) is 0 Å². The zero-order valence-electron chi connectivity index (χ0n) is 11.9. The normalized spacial score (nSPS) is 9.95. The van der Waals surface area contributed by atoms with Crippen LogP contribution in [0.25, 0.3) is 0 Å². The first-order valence-electron chi connectivity index (χ1n) is 6.78. The molecule has 0 spiro atoms. The minimum atomic E-state index is -0.987. The molecule has 0 unspecified atom stereocenters. The van der Waals surface area contributed by atoms with Crippen LogP contribution in [0.2, 0.25) is 0 Å². The average molecular weight is 293 g/mol. The van der Waals surface area contributed by atoms with Gasteiger partial charge in [-0.05, 0) is 25.0 Å². The lowest BCUT2D eigenvalue weighted by Gasteiger charge is -2.07. The summed E-state index contributed by atoms with van der Waals surface area (Å²) in [7, 11) is 0. The number of carboxylic acids is 1. The van der Waals surface area contributed by atoms with Crippen molar-refractivity contribution in [2.24, 2.45) is 0 Å². The maximum atomic E-state index is 11.5. The first kappa shape index (κ1) is 16.7. The molecule has 0 heterocycles. The fraction of sp³-hybridized carbons (Fsp3) is 0.400. The number of rotatable bonds is 8. The number of benzene rings is 1. The van der Waals surface area contributed by atoms with E-state index in [-0.39, 0.29) is 24.3 Å². The lowest BCUT2D eigenvalue weighted by molar-refractivity contribution is -0.144. The summed E-state index contributed by atoms with van der Waals surface area (Å²) in [5, 5.41) is 11.7. The second-order valence-corrected chi connectivity index (χ2v) is 4.37. The van der Waals surface area contributed by atoms with Gasteiger partial charge in [0.25, 0.3) is 0 Å². The highest BCUT2D eigenvalue weighted by Crippen LogP contribution is 2.09. The Kier molecular flexibility index (Phi) is 6.94. The largest absolute Gasteiger partial charge is 0.478 e. The number of esters is 1. The number of carbonyl (C=O) groups excluding carboxylic acids is 2. The Morgan fingerprint density at radius 3 is 2.57 bits per heavy atom. The van der Waals surface area contributed by atoms with E-state index in [1.807, 2.05) is 0 Å². The van der Waals surface area contributed by atoms with Gasteiger partial charge in [-0.3, -0.25) is 9.59 Å². The third-order valence-corrected chi connectivity index (χ3v) is 2.83. The van der Waals surface area contributed by atoms with Crippen molar-refractivity contribution in [3.8, 4) is 0 Å². The summed E-state index contributed by atoms with van der Waals surface area (Å²) >= 11 is 0. The minimum Gasteiger partial charge on any atom is -0.478 e. The van der Waals surface area contributed by atoms with Crippen molar-refractivity contribution < 1.29 is 24.2 Å². The summed E-state index contributed by atoms with van der Waals surface area (Å²) in [6.07, 6.45) is 0.540. The maximum Gasteiger partial charge on any atom is 0.335 e. The van der Waals surface area contributed by atoms with Crippen LogP contribution in [0, 0.1) is 0 Å². The molecule has 0 aliphatic heterocycles. The maximum absolute atomic E-state index is 11.5. The molecule has 0 radical (unpaired) electrons. The topological polar surface area (TPSA) is 92.7 Å². The molecule has 6 nitrogen and oxygen atoms in total. The van der Waals surface area contributed by atoms with E-state index in [0.717, 1.165) is 0 Å². The molecule has 114 valence electrons. The fourth-order valence-electron chi connectivity index (χ4n) is 1.82. The lowest BCUT2D eigenvalue weighted by atomic mass is 10.0. The standard InChI is InChI=1S/C15H19NO5/c1-2-21-14(18)8-7-13(17)16-10-9-11-5-3-4-6-12(11)15(19)20/h3-6H,2,7-10H2,1H3,(H,16,17)(H,19,20). The summed E-state index contributed by atoms with van der Waals surface area (Å²) in [4.78, 5) is 33.6. The number of ether oxygens (including phenoxy) is 1. The van der Waals surface area contributed by atoms with Crippen LogP contribution < -0.4 is 5.32 Å². The SMILES string of the molecule is CCOC(=O)CCC(=O)NCCc1ccccc1C(=O)O. The highest BCUT2D eigenvalue weighted by Gasteiger charge is 2.10. The Labute approximate surface area is 123 Å². The summed E-state index contributed by atoms with van der Waals surface area (Å²) in [6.45, 7) is 2.33. The number of carbonyl (C=O) groups is 3. The van der Waals surface area contributed by atoms with Crippen molar-refractivity contribution in [3.63, 3.8) is 0 Å². The third-order valence-electron chi connectivity index (χ3n) is 2.83. The molecule has 0 saturated heterocycles. The monoisotopic (exact) mass is 293 g/mol. The summed E-state index contributed by atoms with van der Waals surface area (Å²) < 4.78 is 4.72. The van der Waals surface area contributed by atoms with E-state index in [0.29, 0.717) is 25.1 Å². The van der Waals surface area contributed by atoms with Gasteiger partial charge in [0.1, 0.15) is 0 Å². The van der Waals surface area contributed by atoms with Crippen LogP contribution in [0.4, 0.5) is 0 Å². The molecule has 1 amide bonds. The van der Waals surface area contributed by atoms with E-state index in [4.69, 9.17) is 9.84 Å². The van der Waals surface area contributed by atoms with Gasteiger partial charge in [-0.25, -0.2) is 4.79 Å². The van der Waals surface area contributed by atoms with Crippen LogP contribution in [0.15, 0.2) is 24.3 Å². The van der Waals surface area contributed by atoms with Crippen molar-refractivity contribution in [2.75, 3.05) is 13.2 Å². The number of nitrogens with one attached hydrogen (secondary N) is 1. The predicted octanol–water partition coefficient (Wildman–Crippen LogP) is 1.39. The van der Waals surface area contributed by atoms with Crippen LogP contribution in [0.1, 0.15) is 35.7 Å². The van der Waals surface area contributed by atoms with E-state index in [1.165, 1.54) is 6.07 Å². The molecular weight excluding hydrogens is 274 g/mol. The van der Waals surface area contributed by atoms with E-state index >= 15 is 0 Å². The molecule has 0 aliphatic carbocycles. The van der Waals surface area contributed by atoms with Crippen LogP contribution >= 0.6 is 0 Å². The minimum absolute atomic E-state index is 0.0470. The van der Waals surface area contributed by atoms with E-state index < -0.39 is 11.9 Å². The molecule has 0 bridgehead atoms. The molecule has 21 heavy (non-hydrogen) atoms. The van der Waals surface area contributed by atoms with Crippen LogP contribution in [-0.4, -0.2) is 36.1 Å². The Hall–Kier alpha value is -2.37. The molecule has 1 rings (SSSR count). The highest BCUT2D eigenvalue weighted by molar-refractivity contribution is 5.89. The number of carboxylic acid groups (broad SMARTS) is 1. The fourth-order valence-corrected chi connectivity index (χ4v) is 1.82. The highest BCUT2D eigenvalue weighted by atomic mass is 16.5. The number of amides is 1. The van der Waals surface area contributed by atoms with E-state index in [9.17, 15) is 14.4 Å². The molecule has 1 aromatic rings. The van der Waals surface area contributed by atoms with Crippen molar-refractivity contribution in [1.29, 1.82) is 0 Å². The predicted molar refractivity (Wildman–Crippen MR) is 76.0 cm³/mol. The van der Waals surface area contributed by atoms with Gasteiger partial charge in [-0.2, -0.15) is 0 Å². The Morgan fingerprint density at radius 2 is 1.90 bits per heavy atom. The van der Waals surface area contributed by atoms with Crippen molar-refractivity contribution >= 4 is 17.8 Å². The second kappa shape index (κ2) is 8.73. The number of hydrogen-bond acceptors (Lipinski definition) is 4. The van der Waals surface area contributed by atoms with Crippen molar-refractivity contribution in [3.05, 3.63) is 35.4 Å². The van der Waals surface area contributed by atoms with Gasteiger partial charge < -0.3 is 15.2 Å². The van der Waals surface area contributed by atoms with Crippen molar-refractivity contribution in [1.82, 2.24) is 5.32 Å². The first-order chi connectivity index (χ1) is 10.0. The molecule has 2 N–H and O–H groups in total. The van der Waals surface area contributed by atoms with Crippen LogP contribution in [-0.2, 0) is 20.7 Å². The second-order valence-electron chi connectivity index (χ2n) is 4.37. The zero-order chi connectivity index (χ0) is 15.7. The van der Waals surface area contributed by atoms with Gasteiger partial charge in [-0.1, -0.05) is 18.2 Å². The van der Waals surface area contributed by atoms with Gasteiger partial charge >= 0.3 is 11.9 Å². The summed E-state index contributed by atoms with van der Waals surface area (Å²) in [5.41, 5.74) is 0.897.